The molecule has 0 bridgehead atoms. The van der Waals surface area contributed by atoms with Gasteiger partial charge in [-0.2, -0.15) is 0 Å². The molecule has 1 aromatic rings. The van der Waals surface area contributed by atoms with Gasteiger partial charge >= 0.3 is 6.09 Å². The number of nitrogens with one attached hydrogen (secondary N) is 5. The molecule has 320 valence electrons. The van der Waals surface area contributed by atoms with E-state index in [2.05, 4.69) is 26.6 Å². The Morgan fingerprint density at radius 3 is 2.09 bits per heavy atom. The molecular weight excluding hydrogens is 750 g/mol. The molecule has 0 saturated carbocycles. The van der Waals surface area contributed by atoms with Crippen LogP contribution in [0.15, 0.2) is 24.3 Å². The van der Waals surface area contributed by atoms with Gasteiger partial charge in [0.2, 0.25) is 35.3 Å². The lowest BCUT2D eigenvalue weighted by Crippen LogP contribution is -2.59. The van der Waals surface area contributed by atoms with E-state index < -0.39 is 71.7 Å². The summed E-state index contributed by atoms with van der Waals surface area (Å²) in [6.45, 7) is 10.1. The summed E-state index contributed by atoms with van der Waals surface area (Å²) < 4.78 is 5.91. The fourth-order valence-electron chi connectivity index (χ4n) is 6.93. The number of carbonyl (C=O) groups is 9. The highest BCUT2D eigenvalue weighted by Crippen LogP contribution is 2.26. The molecule has 1 fully saturated rings. The van der Waals surface area contributed by atoms with Gasteiger partial charge in [0.05, 0.1) is 19.1 Å². The van der Waals surface area contributed by atoms with Crippen molar-refractivity contribution in [3.63, 3.8) is 0 Å². The molecular formula is C41H61N7O10. The smallest absolute Gasteiger partial charge is 0.410 e. The normalized spacial score (nSPS) is 17.7. The molecule has 2 aliphatic heterocycles. The van der Waals surface area contributed by atoms with Crippen LogP contribution < -0.4 is 26.6 Å². The Morgan fingerprint density at radius 1 is 0.845 bits per heavy atom. The van der Waals surface area contributed by atoms with E-state index in [1.807, 2.05) is 24.3 Å². The van der Waals surface area contributed by atoms with Gasteiger partial charge in [-0.1, -0.05) is 65.3 Å². The average Bonchev–Trinajstić information content (AvgIpc) is 3.62. The molecule has 17 heteroatoms. The molecule has 3 unspecified atom stereocenters. The summed E-state index contributed by atoms with van der Waals surface area (Å²) in [5.41, 5.74) is 2.11. The highest BCUT2D eigenvalue weighted by Gasteiger charge is 2.46. The van der Waals surface area contributed by atoms with Gasteiger partial charge in [-0.05, 0) is 55.6 Å². The van der Waals surface area contributed by atoms with Gasteiger partial charge in [-0.3, -0.25) is 38.4 Å². The summed E-state index contributed by atoms with van der Waals surface area (Å²) >= 11 is 0. The number of benzene rings is 1. The van der Waals surface area contributed by atoms with E-state index in [-0.39, 0.29) is 62.3 Å². The number of unbranched alkanes of at least 4 members (excludes halogenated alkanes) is 1. The quantitative estimate of drug-likeness (QED) is 0.0937. The lowest BCUT2D eigenvalue weighted by molar-refractivity contribution is -0.144. The molecule has 1 saturated heterocycles. The molecule has 0 radical (unpaired) electrons. The summed E-state index contributed by atoms with van der Waals surface area (Å²) in [6.07, 6.45) is 0.738. The van der Waals surface area contributed by atoms with E-state index in [4.69, 9.17) is 4.74 Å². The van der Waals surface area contributed by atoms with Crippen molar-refractivity contribution in [1.29, 1.82) is 0 Å². The number of amides is 7. The summed E-state index contributed by atoms with van der Waals surface area (Å²) in [5, 5.41) is 12.9. The number of ether oxygens (including phenoxy) is 1. The van der Waals surface area contributed by atoms with Crippen LogP contribution in [-0.4, -0.2) is 120 Å². The number of hydrogen-bond acceptors (Lipinski definition) is 10. The first kappa shape index (κ1) is 47.0. The Labute approximate surface area is 340 Å². The van der Waals surface area contributed by atoms with Crippen LogP contribution in [0.1, 0.15) is 97.6 Å². The van der Waals surface area contributed by atoms with E-state index in [0.29, 0.717) is 38.8 Å². The zero-order chi connectivity index (χ0) is 43.1. The largest absolute Gasteiger partial charge is 0.444 e. The van der Waals surface area contributed by atoms with Crippen LogP contribution in [0.2, 0.25) is 0 Å². The van der Waals surface area contributed by atoms with Gasteiger partial charge in [-0.15, -0.1) is 0 Å². The number of ketones is 2. The maximum Gasteiger partial charge on any atom is 0.410 e. The van der Waals surface area contributed by atoms with Crippen molar-refractivity contribution < 1.29 is 47.9 Å². The van der Waals surface area contributed by atoms with Crippen LogP contribution in [0.3, 0.4) is 0 Å². The number of rotatable bonds is 20. The number of likely N-dealkylation sites (tertiary alicyclic amines) is 1. The van der Waals surface area contributed by atoms with Gasteiger partial charge in [0, 0.05) is 39.4 Å². The summed E-state index contributed by atoms with van der Waals surface area (Å²) in [4.78, 5) is 120. The van der Waals surface area contributed by atoms with Crippen LogP contribution in [0.5, 0.6) is 0 Å². The fourth-order valence-corrected chi connectivity index (χ4v) is 6.93. The van der Waals surface area contributed by atoms with Gasteiger partial charge in [0.1, 0.15) is 30.0 Å². The predicted molar refractivity (Wildman–Crippen MR) is 213 cm³/mol. The topological polar surface area (TPSA) is 229 Å². The van der Waals surface area contributed by atoms with Crippen LogP contribution in [0, 0.1) is 11.8 Å². The summed E-state index contributed by atoms with van der Waals surface area (Å²) in [7, 11) is 1.53. The third kappa shape index (κ3) is 13.6. The second kappa shape index (κ2) is 22.6. The number of nitrogens with zero attached hydrogens (tertiary/aromatic N) is 2. The van der Waals surface area contributed by atoms with E-state index >= 15 is 0 Å². The minimum Gasteiger partial charge on any atom is -0.444 e. The molecule has 5 atom stereocenters. The third-order valence-electron chi connectivity index (χ3n) is 10.3. The minimum absolute atomic E-state index is 0.0918. The lowest BCUT2D eigenvalue weighted by atomic mass is 9.98. The van der Waals surface area contributed by atoms with E-state index in [0.717, 1.165) is 11.1 Å². The second-order valence-electron chi connectivity index (χ2n) is 15.7. The molecule has 2 heterocycles. The second-order valence-corrected chi connectivity index (χ2v) is 15.7. The van der Waals surface area contributed by atoms with Crippen molar-refractivity contribution in [3.8, 4) is 0 Å². The molecule has 17 nitrogen and oxygen atoms in total. The molecule has 0 aromatic heterocycles. The number of hydrogen-bond donors (Lipinski definition) is 5. The maximum absolute atomic E-state index is 14.5. The van der Waals surface area contributed by atoms with Gasteiger partial charge < -0.3 is 41.1 Å². The first-order valence-electron chi connectivity index (χ1n) is 20.2. The number of carbonyl (C=O) groups excluding carboxylic acids is 9. The predicted octanol–water partition coefficient (Wildman–Crippen LogP) is 1.30. The maximum atomic E-state index is 14.5. The molecule has 7 amide bonds. The van der Waals surface area contributed by atoms with Gasteiger partial charge in [0.25, 0.3) is 5.91 Å². The van der Waals surface area contributed by atoms with Crippen molar-refractivity contribution >= 4 is 53.1 Å². The molecule has 58 heavy (non-hydrogen) atoms. The van der Waals surface area contributed by atoms with E-state index in [1.165, 1.54) is 18.9 Å². The van der Waals surface area contributed by atoms with Gasteiger partial charge in [-0.25, -0.2) is 4.79 Å². The number of fused-ring (bicyclic) bond motifs is 1. The van der Waals surface area contributed by atoms with Crippen molar-refractivity contribution in [2.75, 3.05) is 26.7 Å². The standard InChI is InChI=1S/C41H61N7O10/c1-8-13-30(36(52)39(55)43-21-26(6)49)44-37(53)31-20-29(58-41(57)47-19-18-27-14-9-10-15-28(27)22-47)23-48(31)40(56)35(25(4)5)46-38(54)34(24(2)3)45-33(51)17-12-11-16-32(50)42-7/h9-10,14-15,24-25,29-31,34-35H,8,11-13,16-23H2,1-7H3,(H,42,50)(H,43,55)(H,44,53)(H,45,51)(H,46,54)/t29?,30?,31?,34-,35-/m0/s1. The first-order chi connectivity index (χ1) is 27.5. The molecule has 0 spiro atoms. The van der Waals surface area contributed by atoms with E-state index in [9.17, 15) is 43.2 Å². The van der Waals surface area contributed by atoms with Crippen LogP contribution in [0.25, 0.3) is 0 Å². The Hall–Kier alpha value is -5.35. The Balaban J connectivity index is 1.83. The lowest BCUT2D eigenvalue weighted by Gasteiger charge is -2.32. The number of Topliss-reactive ketones (excluding diaryl/α,β-unsaturated/α-hetero) is 2. The Morgan fingerprint density at radius 2 is 1.48 bits per heavy atom. The van der Waals surface area contributed by atoms with E-state index in [1.54, 1.807) is 39.5 Å². The summed E-state index contributed by atoms with van der Waals surface area (Å²) in [6, 6.07) is 3.06. The molecule has 2 aliphatic rings. The van der Waals surface area contributed by atoms with Crippen molar-refractivity contribution in [2.45, 2.75) is 130 Å². The first-order valence-corrected chi connectivity index (χ1v) is 20.2. The third-order valence-corrected chi connectivity index (χ3v) is 10.3. The van der Waals surface area contributed by atoms with Crippen LogP contribution in [0.4, 0.5) is 4.79 Å². The SMILES string of the molecule is CCCC(NC(=O)C1CC(OC(=O)N2CCc3ccccc3C2)CN1C(=O)[C@@H](NC(=O)[C@@H](NC(=O)CCCCC(=O)NC)C(C)C)C(C)C)C(=O)C(=O)NCC(C)=O. The zero-order valence-electron chi connectivity index (χ0n) is 34.8. The Bertz CT molecular complexity index is 1680. The van der Waals surface area contributed by atoms with Gasteiger partial charge in [0.15, 0.2) is 0 Å². The minimum atomic E-state index is -1.27. The highest BCUT2D eigenvalue weighted by atomic mass is 16.6. The summed E-state index contributed by atoms with van der Waals surface area (Å²) in [5.74, 6) is -5.77. The van der Waals surface area contributed by atoms with Crippen molar-refractivity contribution in [3.05, 3.63) is 35.4 Å². The average molecular weight is 812 g/mol. The highest BCUT2D eigenvalue weighted by molar-refractivity contribution is 6.38. The monoisotopic (exact) mass is 811 g/mol. The van der Waals surface area contributed by atoms with Crippen LogP contribution >= 0.6 is 0 Å². The van der Waals surface area contributed by atoms with Crippen LogP contribution in [-0.2, 0) is 56.1 Å². The van der Waals surface area contributed by atoms with Crippen molar-refractivity contribution in [2.24, 2.45) is 11.8 Å². The molecule has 3 rings (SSSR count). The van der Waals surface area contributed by atoms with Crippen molar-refractivity contribution in [1.82, 2.24) is 36.4 Å². The molecule has 1 aromatic carbocycles. The fraction of sp³-hybridized carbons (Fsp3) is 0.634. The molecule has 5 N–H and O–H groups in total. The molecule has 0 aliphatic carbocycles. The zero-order valence-corrected chi connectivity index (χ0v) is 34.8. The Kier molecular flexibility index (Phi) is 18.3.